The second-order valence-electron chi connectivity index (χ2n) is 6.97. The lowest BCUT2D eigenvalue weighted by Gasteiger charge is -2.10. The highest BCUT2D eigenvalue weighted by atomic mass is 16.5. The lowest BCUT2D eigenvalue weighted by molar-refractivity contribution is -0.123. The number of nitrogens with one attached hydrogen (secondary N) is 1. The Morgan fingerprint density at radius 1 is 1.04 bits per heavy atom. The molecule has 0 unspecified atom stereocenters. The Kier molecular flexibility index (Phi) is 6.48. The van der Waals surface area contributed by atoms with Gasteiger partial charge in [0, 0.05) is 12.2 Å². The Hall–Kier alpha value is -3.08. The molecule has 0 aliphatic heterocycles. The number of hydrogen-bond acceptors (Lipinski definition) is 3. The van der Waals surface area contributed by atoms with Crippen molar-refractivity contribution >= 4 is 5.91 Å². The Bertz CT molecular complexity index is 929. The quantitative estimate of drug-likeness (QED) is 0.649. The van der Waals surface area contributed by atoms with Crippen LogP contribution in [-0.4, -0.2) is 22.3 Å². The van der Waals surface area contributed by atoms with Crippen LogP contribution < -0.4 is 10.1 Å². The molecule has 3 aromatic rings. The number of carbonyl (C=O) groups is 1. The van der Waals surface area contributed by atoms with Crippen molar-refractivity contribution in [3.05, 3.63) is 82.7 Å². The number of carbonyl (C=O) groups excluding carboxylic acids is 1. The minimum Gasteiger partial charge on any atom is -0.484 e. The summed E-state index contributed by atoms with van der Waals surface area (Å²) in [6.07, 6.45) is 0.986. The SMILES string of the molecule is CCc1ccc(OCC(=O)NCc2cccc(Cn3nc(C)cc3C)c2)cc1. The molecule has 3 rings (SSSR count). The summed E-state index contributed by atoms with van der Waals surface area (Å²) in [5, 5.41) is 7.42. The second kappa shape index (κ2) is 9.22. The van der Waals surface area contributed by atoms with E-state index in [0.29, 0.717) is 12.3 Å². The number of hydrogen-bond donors (Lipinski definition) is 1. The van der Waals surface area contributed by atoms with Crippen molar-refractivity contribution in [2.75, 3.05) is 6.61 Å². The van der Waals surface area contributed by atoms with Gasteiger partial charge in [-0.15, -0.1) is 0 Å². The molecular weight excluding hydrogens is 350 g/mol. The van der Waals surface area contributed by atoms with Crippen LogP contribution in [0.15, 0.2) is 54.6 Å². The van der Waals surface area contributed by atoms with Crippen LogP contribution in [-0.2, 0) is 24.3 Å². The smallest absolute Gasteiger partial charge is 0.258 e. The highest BCUT2D eigenvalue weighted by Gasteiger charge is 2.05. The molecule has 0 aliphatic rings. The summed E-state index contributed by atoms with van der Waals surface area (Å²) in [5.74, 6) is 0.572. The number of nitrogens with zero attached hydrogens (tertiary/aromatic N) is 2. The maximum atomic E-state index is 12.1. The monoisotopic (exact) mass is 377 g/mol. The molecule has 0 fully saturated rings. The van der Waals surface area contributed by atoms with Crippen molar-refractivity contribution in [1.29, 1.82) is 0 Å². The first-order chi connectivity index (χ1) is 13.5. The first kappa shape index (κ1) is 19.7. The molecule has 0 atom stereocenters. The van der Waals surface area contributed by atoms with Crippen molar-refractivity contribution in [2.45, 2.75) is 40.3 Å². The van der Waals surface area contributed by atoms with E-state index in [4.69, 9.17) is 4.74 Å². The number of ether oxygens (including phenoxy) is 1. The molecule has 1 heterocycles. The Morgan fingerprint density at radius 3 is 2.46 bits per heavy atom. The molecule has 0 saturated heterocycles. The van der Waals surface area contributed by atoms with Crippen molar-refractivity contribution in [2.24, 2.45) is 0 Å². The normalized spacial score (nSPS) is 10.7. The van der Waals surface area contributed by atoms with E-state index in [9.17, 15) is 4.79 Å². The topological polar surface area (TPSA) is 56.1 Å². The van der Waals surface area contributed by atoms with Gasteiger partial charge in [-0.2, -0.15) is 5.10 Å². The third kappa shape index (κ3) is 5.46. The van der Waals surface area contributed by atoms with E-state index in [0.717, 1.165) is 35.5 Å². The summed E-state index contributed by atoms with van der Waals surface area (Å²) in [4.78, 5) is 12.1. The maximum absolute atomic E-state index is 12.1. The highest BCUT2D eigenvalue weighted by Crippen LogP contribution is 2.13. The third-order valence-electron chi connectivity index (χ3n) is 4.62. The number of aromatic nitrogens is 2. The lowest BCUT2D eigenvalue weighted by atomic mass is 10.1. The number of benzene rings is 2. The second-order valence-corrected chi connectivity index (χ2v) is 6.97. The fourth-order valence-corrected chi connectivity index (χ4v) is 3.07. The molecule has 1 aromatic heterocycles. The fourth-order valence-electron chi connectivity index (χ4n) is 3.07. The zero-order valence-corrected chi connectivity index (χ0v) is 16.7. The standard InChI is InChI=1S/C23H27N3O2/c1-4-19-8-10-22(11-9-19)28-16-23(27)24-14-20-6-5-7-21(13-20)15-26-18(3)12-17(2)25-26/h5-13H,4,14-16H2,1-3H3,(H,24,27). The van der Waals surface area contributed by atoms with Crippen molar-refractivity contribution in [3.63, 3.8) is 0 Å². The largest absolute Gasteiger partial charge is 0.484 e. The lowest BCUT2D eigenvalue weighted by Crippen LogP contribution is -2.28. The first-order valence-corrected chi connectivity index (χ1v) is 9.61. The number of amides is 1. The molecule has 0 spiro atoms. The maximum Gasteiger partial charge on any atom is 0.258 e. The molecule has 0 bridgehead atoms. The Morgan fingerprint density at radius 2 is 1.79 bits per heavy atom. The minimum absolute atomic E-state index is 0.0108. The van der Waals surface area contributed by atoms with Gasteiger partial charge in [0.25, 0.3) is 5.91 Å². The van der Waals surface area contributed by atoms with E-state index in [-0.39, 0.29) is 12.5 Å². The van der Waals surface area contributed by atoms with E-state index >= 15 is 0 Å². The van der Waals surface area contributed by atoms with Crippen molar-refractivity contribution in [1.82, 2.24) is 15.1 Å². The average Bonchev–Trinajstić information content (AvgIpc) is 3.02. The summed E-state index contributed by atoms with van der Waals surface area (Å²) >= 11 is 0. The van der Waals surface area contributed by atoms with Crippen LogP contribution in [0.5, 0.6) is 5.75 Å². The summed E-state index contributed by atoms with van der Waals surface area (Å²) in [6.45, 7) is 7.36. The zero-order chi connectivity index (χ0) is 19.9. The summed E-state index contributed by atoms with van der Waals surface area (Å²) < 4.78 is 7.54. The summed E-state index contributed by atoms with van der Waals surface area (Å²) in [7, 11) is 0. The third-order valence-corrected chi connectivity index (χ3v) is 4.62. The van der Waals surface area contributed by atoms with E-state index < -0.39 is 0 Å². The van der Waals surface area contributed by atoms with Gasteiger partial charge < -0.3 is 10.1 Å². The van der Waals surface area contributed by atoms with Crippen molar-refractivity contribution < 1.29 is 9.53 Å². The molecule has 0 saturated carbocycles. The van der Waals surface area contributed by atoms with Gasteiger partial charge in [0.1, 0.15) is 5.75 Å². The summed E-state index contributed by atoms with van der Waals surface area (Å²) in [6, 6.07) is 18.1. The highest BCUT2D eigenvalue weighted by molar-refractivity contribution is 5.77. The van der Waals surface area contributed by atoms with Gasteiger partial charge in [-0.05, 0) is 55.2 Å². The van der Waals surface area contributed by atoms with E-state index in [1.165, 1.54) is 5.56 Å². The van der Waals surface area contributed by atoms with Crippen LogP contribution in [0.3, 0.4) is 0 Å². The average molecular weight is 377 g/mol. The van der Waals surface area contributed by atoms with Crippen LogP contribution in [0.25, 0.3) is 0 Å². The van der Waals surface area contributed by atoms with Crippen LogP contribution >= 0.6 is 0 Å². The van der Waals surface area contributed by atoms with Gasteiger partial charge in [0.15, 0.2) is 6.61 Å². The molecule has 0 aliphatic carbocycles. The van der Waals surface area contributed by atoms with Gasteiger partial charge in [0.2, 0.25) is 0 Å². The van der Waals surface area contributed by atoms with Gasteiger partial charge >= 0.3 is 0 Å². The van der Waals surface area contributed by atoms with Crippen LogP contribution in [0.4, 0.5) is 0 Å². The van der Waals surface area contributed by atoms with Crippen molar-refractivity contribution in [3.8, 4) is 5.75 Å². The molecule has 0 radical (unpaired) electrons. The minimum atomic E-state index is -0.136. The number of rotatable bonds is 8. The first-order valence-electron chi connectivity index (χ1n) is 9.61. The van der Waals surface area contributed by atoms with E-state index in [2.05, 4.69) is 42.5 Å². The predicted molar refractivity (Wildman–Crippen MR) is 110 cm³/mol. The molecule has 1 amide bonds. The zero-order valence-electron chi connectivity index (χ0n) is 16.7. The fraction of sp³-hybridized carbons (Fsp3) is 0.304. The molecule has 5 nitrogen and oxygen atoms in total. The molecular formula is C23H27N3O2. The van der Waals surface area contributed by atoms with E-state index in [1.807, 2.05) is 48.0 Å². The van der Waals surface area contributed by atoms with Gasteiger partial charge in [-0.1, -0.05) is 43.3 Å². The van der Waals surface area contributed by atoms with Crippen LogP contribution in [0.2, 0.25) is 0 Å². The van der Waals surface area contributed by atoms with E-state index in [1.54, 1.807) is 0 Å². The molecule has 2 aromatic carbocycles. The number of aryl methyl sites for hydroxylation is 3. The van der Waals surface area contributed by atoms with Gasteiger partial charge in [-0.3, -0.25) is 9.48 Å². The molecule has 5 heteroatoms. The predicted octanol–water partition coefficient (Wildman–Crippen LogP) is 3.81. The molecule has 1 N–H and O–H groups in total. The van der Waals surface area contributed by atoms with Crippen LogP contribution in [0, 0.1) is 13.8 Å². The van der Waals surface area contributed by atoms with Gasteiger partial charge in [0.05, 0.1) is 12.2 Å². The Balaban J connectivity index is 1.49. The summed E-state index contributed by atoms with van der Waals surface area (Å²) in [5.41, 5.74) is 5.62. The Labute approximate surface area is 166 Å². The van der Waals surface area contributed by atoms with Gasteiger partial charge in [-0.25, -0.2) is 0 Å². The molecule has 28 heavy (non-hydrogen) atoms. The molecule has 146 valence electrons. The van der Waals surface area contributed by atoms with Crippen LogP contribution in [0.1, 0.15) is 35.0 Å².